The first kappa shape index (κ1) is 13.3. The predicted octanol–water partition coefficient (Wildman–Crippen LogP) is 4.01. The molecule has 3 nitrogen and oxygen atoms in total. The molecule has 102 valence electrons. The fourth-order valence-corrected chi connectivity index (χ4v) is 3.15. The number of aliphatic hydroxyl groups excluding tert-OH is 1. The van der Waals surface area contributed by atoms with Gasteiger partial charge < -0.3 is 5.11 Å². The number of rotatable bonds is 3. The first-order valence-electron chi connectivity index (χ1n) is 5.87. The number of aromatic amines is 1. The number of hydrogen-bond donors (Lipinski definition) is 2. The number of halogens is 2. The zero-order valence-corrected chi connectivity index (χ0v) is 11.7. The van der Waals surface area contributed by atoms with Crippen LogP contribution in [0.5, 0.6) is 0 Å². The molecule has 1 aromatic carbocycles. The molecule has 0 aliphatic rings. The van der Waals surface area contributed by atoms with Gasteiger partial charge in [0.15, 0.2) is 0 Å². The van der Waals surface area contributed by atoms with E-state index < -0.39 is 6.10 Å². The van der Waals surface area contributed by atoms with E-state index in [0.717, 1.165) is 5.56 Å². The van der Waals surface area contributed by atoms with Crippen LogP contribution in [-0.2, 0) is 0 Å². The molecule has 0 aliphatic carbocycles. The van der Waals surface area contributed by atoms with E-state index in [1.807, 2.05) is 5.38 Å². The second-order valence-corrected chi connectivity index (χ2v) is 5.60. The van der Waals surface area contributed by atoms with Gasteiger partial charge in [0.2, 0.25) is 0 Å². The van der Waals surface area contributed by atoms with Crippen molar-refractivity contribution in [3.8, 4) is 11.3 Å². The zero-order chi connectivity index (χ0) is 14.1. The molecular weight excluding hydrogens is 299 g/mol. The van der Waals surface area contributed by atoms with E-state index in [9.17, 15) is 9.50 Å². The van der Waals surface area contributed by atoms with Crippen LogP contribution in [0.2, 0.25) is 5.02 Å². The Bertz CT molecular complexity index is 723. The standard InChI is InChI=1S/C14H10ClFN2OS/c15-11-5-6-20-14(11)13(19)10-7-17-18-12(10)8-1-3-9(16)4-2-8/h1-7,13,19H,(H,17,18). The monoisotopic (exact) mass is 308 g/mol. The molecule has 3 aromatic rings. The maximum Gasteiger partial charge on any atom is 0.123 e. The maximum atomic E-state index is 13.0. The van der Waals surface area contributed by atoms with E-state index in [-0.39, 0.29) is 5.82 Å². The Kier molecular flexibility index (Phi) is 3.56. The summed E-state index contributed by atoms with van der Waals surface area (Å²) in [5, 5.41) is 19.6. The molecule has 0 saturated carbocycles. The van der Waals surface area contributed by atoms with E-state index in [1.54, 1.807) is 24.4 Å². The van der Waals surface area contributed by atoms with Gasteiger partial charge in [0, 0.05) is 11.1 Å². The maximum absolute atomic E-state index is 13.0. The first-order chi connectivity index (χ1) is 9.66. The number of H-pyrrole nitrogens is 1. The van der Waals surface area contributed by atoms with Gasteiger partial charge in [-0.15, -0.1) is 11.3 Å². The van der Waals surface area contributed by atoms with Gasteiger partial charge in [-0.1, -0.05) is 11.6 Å². The van der Waals surface area contributed by atoms with Crippen LogP contribution in [0, 0.1) is 5.82 Å². The lowest BCUT2D eigenvalue weighted by Gasteiger charge is -2.10. The number of thiophene rings is 1. The molecule has 1 atom stereocenters. The Morgan fingerprint density at radius 2 is 2.00 bits per heavy atom. The molecule has 20 heavy (non-hydrogen) atoms. The number of aliphatic hydroxyl groups is 1. The van der Waals surface area contributed by atoms with Crippen molar-refractivity contribution in [1.29, 1.82) is 0 Å². The molecule has 0 radical (unpaired) electrons. The van der Waals surface area contributed by atoms with E-state index in [2.05, 4.69) is 10.2 Å². The molecule has 2 N–H and O–H groups in total. The highest BCUT2D eigenvalue weighted by atomic mass is 35.5. The van der Waals surface area contributed by atoms with E-state index in [0.29, 0.717) is 21.2 Å². The predicted molar refractivity (Wildman–Crippen MR) is 77.4 cm³/mol. The van der Waals surface area contributed by atoms with Crippen LogP contribution < -0.4 is 0 Å². The van der Waals surface area contributed by atoms with Crippen molar-refractivity contribution >= 4 is 22.9 Å². The minimum Gasteiger partial charge on any atom is -0.383 e. The minimum absolute atomic E-state index is 0.309. The molecule has 2 heterocycles. The molecule has 0 bridgehead atoms. The Hall–Kier alpha value is -1.69. The van der Waals surface area contributed by atoms with Gasteiger partial charge >= 0.3 is 0 Å². The Labute approximate surface area is 123 Å². The van der Waals surface area contributed by atoms with Crippen LogP contribution in [0.15, 0.2) is 41.9 Å². The molecule has 6 heteroatoms. The van der Waals surface area contributed by atoms with Crippen molar-refractivity contribution in [3.05, 3.63) is 63.2 Å². The summed E-state index contributed by atoms with van der Waals surface area (Å²) in [5.41, 5.74) is 2.02. The minimum atomic E-state index is -0.860. The lowest BCUT2D eigenvalue weighted by atomic mass is 10.0. The summed E-state index contributed by atoms with van der Waals surface area (Å²) in [7, 11) is 0. The van der Waals surface area contributed by atoms with Crippen molar-refractivity contribution < 1.29 is 9.50 Å². The van der Waals surface area contributed by atoms with E-state index >= 15 is 0 Å². The third kappa shape index (κ3) is 2.35. The van der Waals surface area contributed by atoms with Crippen molar-refractivity contribution in [2.75, 3.05) is 0 Å². The van der Waals surface area contributed by atoms with Gasteiger partial charge in [-0.3, -0.25) is 5.10 Å². The van der Waals surface area contributed by atoms with E-state index in [4.69, 9.17) is 11.6 Å². The summed E-state index contributed by atoms with van der Waals surface area (Å²) in [6.07, 6.45) is 0.695. The number of nitrogens with zero attached hydrogens (tertiary/aromatic N) is 1. The number of hydrogen-bond acceptors (Lipinski definition) is 3. The molecule has 0 aliphatic heterocycles. The van der Waals surface area contributed by atoms with Gasteiger partial charge in [-0.2, -0.15) is 5.10 Å². The van der Waals surface area contributed by atoms with Crippen molar-refractivity contribution in [1.82, 2.24) is 10.2 Å². The first-order valence-corrected chi connectivity index (χ1v) is 7.12. The van der Waals surface area contributed by atoms with Crippen LogP contribution in [0.1, 0.15) is 16.5 Å². The summed E-state index contributed by atoms with van der Waals surface area (Å²) in [5.74, 6) is -0.309. The van der Waals surface area contributed by atoms with Gasteiger partial charge in [0.05, 0.1) is 21.8 Å². The second-order valence-electron chi connectivity index (χ2n) is 4.24. The van der Waals surface area contributed by atoms with Crippen LogP contribution in [0.25, 0.3) is 11.3 Å². The molecule has 0 saturated heterocycles. The van der Waals surface area contributed by atoms with Gasteiger partial charge in [-0.05, 0) is 35.7 Å². The Balaban J connectivity index is 2.02. The van der Waals surface area contributed by atoms with Crippen molar-refractivity contribution in [2.24, 2.45) is 0 Å². The molecule has 2 aromatic heterocycles. The summed E-state index contributed by atoms with van der Waals surface area (Å²) in [6.45, 7) is 0. The summed E-state index contributed by atoms with van der Waals surface area (Å²) in [4.78, 5) is 0.663. The van der Waals surface area contributed by atoms with Crippen LogP contribution in [-0.4, -0.2) is 15.3 Å². The fraction of sp³-hybridized carbons (Fsp3) is 0.0714. The van der Waals surface area contributed by atoms with E-state index in [1.165, 1.54) is 23.5 Å². The van der Waals surface area contributed by atoms with Gasteiger partial charge in [0.1, 0.15) is 11.9 Å². The van der Waals surface area contributed by atoms with Crippen LogP contribution in [0.3, 0.4) is 0 Å². The van der Waals surface area contributed by atoms with Gasteiger partial charge in [-0.25, -0.2) is 4.39 Å². The lowest BCUT2D eigenvalue weighted by molar-refractivity contribution is 0.225. The quantitative estimate of drug-likeness (QED) is 0.768. The number of aromatic nitrogens is 2. The topological polar surface area (TPSA) is 48.9 Å². The molecule has 1 unspecified atom stereocenters. The third-order valence-electron chi connectivity index (χ3n) is 2.99. The highest BCUT2D eigenvalue weighted by Crippen LogP contribution is 2.36. The molecule has 0 spiro atoms. The summed E-state index contributed by atoms with van der Waals surface area (Å²) >= 11 is 7.42. The highest BCUT2D eigenvalue weighted by Gasteiger charge is 2.21. The Morgan fingerprint density at radius 1 is 1.25 bits per heavy atom. The lowest BCUT2D eigenvalue weighted by Crippen LogP contribution is -1.98. The molecule has 3 rings (SSSR count). The SMILES string of the molecule is OC(c1cn[nH]c1-c1ccc(F)cc1)c1sccc1Cl. The molecule has 0 amide bonds. The summed E-state index contributed by atoms with van der Waals surface area (Å²) in [6, 6.07) is 7.74. The average molecular weight is 309 g/mol. The summed E-state index contributed by atoms with van der Waals surface area (Å²) < 4.78 is 13.0. The van der Waals surface area contributed by atoms with Crippen molar-refractivity contribution in [3.63, 3.8) is 0 Å². The molecule has 0 fully saturated rings. The zero-order valence-electron chi connectivity index (χ0n) is 10.2. The van der Waals surface area contributed by atoms with Crippen LogP contribution in [0.4, 0.5) is 4.39 Å². The smallest absolute Gasteiger partial charge is 0.123 e. The average Bonchev–Trinajstić information content (AvgIpc) is 3.07. The highest BCUT2D eigenvalue weighted by molar-refractivity contribution is 7.10. The number of benzene rings is 1. The number of nitrogens with one attached hydrogen (secondary N) is 1. The van der Waals surface area contributed by atoms with Crippen molar-refractivity contribution in [2.45, 2.75) is 6.10 Å². The fourth-order valence-electron chi connectivity index (χ4n) is 1.99. The van der Waals surface area contributed by atoms with Gasteiger partial charge in [0.25, 0.3) is 0 Å². The normalized spacial score (nSPS) is 12.6. The Morgan fingerprint density at radius 3 is 2.65 bits per heavy atom. The largest absolute Gasteiger partial charge is 0.383 e. The second kappa shape index (κ2) is 5.36. The molecular formula is C14H10ClFN2OS. The van der Waals surface area contributed by atoms with Crippen LogP contribution >= 0.6 is 22.9 Å². The third-order valence-corrected chi connectivity index (χ3v) is 4.40.